The second-order valence-corrected chi connectivity index (χ2v) is 7.66. The average molecular weight is 371 g/mol. The Morgan fingerprint density at radius 3 is 2.24 bits per heavy atom. The highest BCUT2D eigenvalue weighted by Gasteiger charge is 2.20. The van der Waals surface area contributed by atoms with Crippen LogP contribution in [0.5, 0.6) is 0 Å². The van der Waals surface area contributed by atoms with Gasteiger partial charge in [-0.25, -0.2) is 0 Å². The molecule has 2 aromatic rings. The molecule has 0 atom stereocenters. The van der Waals surface area contributed by atoms with Gasteiger partial charge < -0.3 is 9.80 Å². The first-order valence-corrected chi connectivity index (χ1v) is 9.94. The number of hydrogen-bond acceptors (Lipinski definition) is 3. The largest absolute Gasteiger partial charge is 0.358 e. The van der Waals surface area contributed by atoms with Gasteiger partial charge in [0, 0.05) is 18.8 Å². The zero-order chi connectivity index (χ0) is 17.5. The van der Waals surface area contributed by atoms with E-state index in [0.29, 0.717) is 12.3 Å². The number of thioether (sulfide) groups is 1. The lowest BCUT2D eigenvalue weighted by Gasteiger charge is -2.24. The van der Waals surface area contributed by atoms with E-state index >= 15 is 0 Å². The number of carbonyl (C=O) groups is 1. The molecule has 1 aliphatic rings. The first-order chi connectivity index (χ1) is 12.2. The van der Waals surface area contributed by atoms with Crippen molar-refractivity contribution in [3.63, 3.8) is 0 Å². The summed E-state index contributed by atoms with van der Waals surface area (Å²) in [6.45, 7) is 2.61. The van der Waals surface area contributed by atoms with E-state index in [9.17, 15) is 4.79 Å². The molecule has 0 spiro atoms. The highest BCUT2D eigenvalue weighted by molar-refractivity contribution is 8.23. The first kappa shape index (κ1) is 18.0. The SMILES string of the molecule is O=C(CSC(=S)N1CCCC1)N(Cc1ccccc1)c1ccccc1. The van der Waals surface area contributed by atoms with Crippen LogP contribution >= 0.6 is 24.0 Å². The van der Waals surface area contributed by atoms with Crippen LogP contribution in [0.2, 0.25) is 0 Å². The number of carbonyl (C=O) groups excluding carboxylic acids is 1. The van der Waals surface area contributed by atoms with Crippen LogP contribution in [0.3, 0.4) is 0 Å². The van der Waals surface area contributed by atoms with Gasteiger partial charge in [0.05, 0.1) is 12.3 Å². The van der Waals surface area contributed by atoms with Gasteiger partial charge in [0.1, 0.15) is 4.32 Å². The van der Waals surface area contributed by atoms with Crippen molar-refractivity contribution in [2.75, 3.05) is 23.7 Å². The lowest BCUT2D eigenvalue weighted by atomic mass is 10.2. The minimum absolute atomic E-state index is 0.0848. The van der Waals surface area contributed by atoms with Gasteiger partial charge in [-0.05, 0) is 30.5 Å². The maximum Gasteiger partial charge on any atom is 0.237 e. The summed E-state index contributed by atoms with van der Waals surface area (Å²) in [6, 6.07) is 19.9. The fourth-order valence-corrected chi connectivity index (χ4v) is 4.02. The third-order valence-electron chi connectivity index (χ3n) is 4.24. The minimum atomic E-state index is 0.0848. The highest BCUT2D eigenvalue weighted by atomic mass is 32.2. The molecule has 1 heterocycles. The van der Waals surface area contributed by atoms with Crippen LogP contribution in [0.1, 0.15) is 18.4 Å². The molecule has 0 aliphatic carbocycles. The third-order valence-corrected chi connectivity index (χ3v) is 5.74. The van der Waals surface area contributed by atoms with Crippen molar-refractivity contribution in [1.29, 1.82) is 0 Å². The maximum atomic E-state index is 12.9. The molecular formula is C20H22N2OS2. The second kappa shape index (κ2) is 9.02. The minimum Gasteiger partial charge on any atom is -0.358 e. The van der Waals surface area contributed by atoms with Crippen LogP contribution in [-0.4, -0.2) is 34.0 Å². The Balaban J connectivity index is 1.67. The first-order valence-electron chi connectivity index (χ1n) is 8.55. The van der Waals surface area contributed by atoms with Crippen LogP contribution < -0.4 is 4.90 Å². The maximum absolute atomic E-state index is 12.9. The van der Waals surface area contributed by atoms with Crippen LogP contribution in [0.25, 0.3) is 0 Å². The number of nitrogens with zero attached hydrogens (tertiary/aromatic N) is 2. The summed E-state index contributed by atoms with van der Waals surface area (Å²) in [4.78, 5) is 16.9. The highest BCUT2D eigenvalue weighted by Crippen LogP contribution is 2.21. The number of amides is 1. The zero-order valence-corrected chi connectivity index (χ0v) is 15.8. The van der Waals surface area contributed by atoms with E-state index in [1.165, 1.54) is 24.6 Å². The third kappa shape index (κ3) is 5.06. The summed E-state index contributed by atoms with van der Waals surface area (Å²) < 4.78 is 0.846. The molecule has 0 bridgehead atoms. The van der Waals surface area contributed by atoms with Crippen molar-refractivity contribution in [2.24, 2.45) is 0 Å². The quantitative estimate of drug-likeness (QED) is 0.731. The Hall–Kier alpha value is -1.85. The Morgan fingerprint density at radius 2 is 1.60 bits per heavy atom. The smallest absolute Gasteiger partial charge is 0.237 e. The summed E-state index contributed by atoms with van der Waals surface area (Å²) in [5, 5.41) is 0. The molecule has 0 saturated carbocycles. The predicted molar refractivity (Wildman–Crippen MR) is 110 cm³/mol. The van der Waals surface area contributed by atoms with Gasteiger partial charge in [0.25, 0.3) is 0 Å². The van der Waals surface area contributed by atoms with Crippen LogP contribution in [0, 0.1) is 0 Å². The Kier molecular flexibility index (Phi) is 6.48. The fraction of sp³-hybridized carbons (Fsp3) is 0.300. The van der Waals surface area contributed by atoms with Crippen LogP contribution in [0.4, 0.5) is 5.69 Å². The van der Waals surface area contributed by atoms with Crippen molar-refractivity contribution >= 4 is 39.9 Å². The molecule has 0 radical (unpaired) electrons. The number of rotatable bonds is 5. The van der Waals surface area contributed by atoms with Crippen molar-refractivity contribution < 1.29 is 4.79 Å². The van der Waals surface area contributed by atoms with Gasteiger partial charge in [0.15, 0.2) is 0 Å². The van der Waals surface area contributed by atoms with Crippen LogP contribution in [0.15, 0.2) is 60.7 Å². The van der Waals surface area contributed by atoms with Gasteiger partial charge in [-0.1, -0.05) is 72.5 Å². The van der Waals surface area contributed by atoms with Crippen molar-refractivity contribution in [2.45, 2.75) is 19.4 Å². The Bertz CT molecular complexity index is 700. The van der Waals surface area contributed by atoms with Gasteiger partial charge in [-0.2, -0.15) is 0 Å². The monoisotopic (exact) mass is 370 g/mol. The lowest BCUT2D eigenvalue weighted by Crippen LogP contribution is -2.33. The summed E-state index contributed by atoms with van der Waals surface area (Å²) in [5.41, 5.74) is 2.04. The number of hydrogen-bond donors (Lipinski definition) is 0. The number of para-hydroxylation sites is 1. The number of benzene rings is 2. The Morgan fingerprint density at radius 1 is 1.00 bits per heavy atom. The molecule has 25 heavy (non-hydrogen) atoms. The summed E-state index contributed by atoms with van der Waals surface area (Å²) in [5.74, 6) is 0.457. The van der Waals surface area contributed by atoms with Crippen molar-refractivity contribution in [3.05, 3.63) is 66.2 Å². The van der Waals surface area contributed by atoms with E-state index in [1.807, 2.05) is 65.6 Å². The molecule has 1 fully saturated rings. The molecule has 3 nitrogen and oxygen atoms in total. The van der Waals surface area contributed by atoms with Gasteiger partial charge in [0.2, 0.25) is 5.91 Å². The van der Waals surface area contributed by atoms with Crippen molar-refractivity contribution in [3.8, 4) is 0 Å². The predicted octanol–water partition coefficient (Wildman–Crippen LogP) is 4.33. The van der Waals surface area contributed by atoms with Gasteiger partial charge in [-0.3, -0.25) is 4.79 Å². The molecule has 2 aromatic carbocycles. The van der Waals surface area contributed by atoms with E-state index in [4.69, 9.17) is 12.2 Å². The molecule has 5 heteroatoms. The van der Waals surface area contributed by atoms with Gasteiger partial charge in [-0.15, -0.1) is 0 Å². The fourth-order valence-electron chi connectivity index (χ4n) is 2.89. The average Bonchev–Trinajstić information content (AvgIpc) is 3.20. The van der Waals surface area contributed by atoms with Crippen molar-refractivity contribution in [1.82, 2.24) is 4.90 Å². The van der Waals surface area contributed by atoms with E-state index < -0.39 is 0 Å². The second-order valence-electron chi connectivity index (χ2n) is 6.05. The Labute approximate surface area is 159 Å². The van der Waals surface area contributed by atoms with E-state index in [2.05, 4.69) is 4.90 Å². The number of likely N-dealkylation sites (tertiary alicyclic amines) is 1. The van der Waals surface area contributed by atoms with Crippen LogP contribution in [-0.2, 0) is 11.3 Å². The molecule has 0 unspecified atom stereocenters. The number of anilines is 1. The standard InChI is InChI=1S/C20H22N2OS2/c23-19(16-25-20(24)21-13-7-8-14-21)22(18-11-5-2-6-12-18)15-17-9-3-1-4-10-17/h1-6,9-12H,7-8,13-16H2. The molecule has 1 saturated heterocycles. The van der Waals surface area contributed by atoms with Gasteiger partial charge >= 0.3 is 0 Å². The molecule has 1 amide bonds. The summed E-state index contributed by atoms with van der Waals surface area (Å²) >= 11 is 6.96. The normalized spacial score (nSPS) is 13.7. The summed E-state index contributed by atoms with van der Waals surface area (Å²) in [7, 11) is 0. The van der Waals surface area contributed by atoms with E-state index in [1.54, 1.807) is 0 Å². The zero-order valence-electron chi connectivity index (χ0n) is 14.1. The molecule has 1 aliphatic heterocycles. The topological polar surface area (TPSA) is 23.6 Å². The summed E-state index contributed by atoms with van der Waals surface area (Å²) in [6.07, 6.45) is 2.39. The number of thiocarbonyl (C=S) groups is 1. The van der Waals surface area contributed by atoms with E-state index in [-0.39, 0.29) is 5.91 Å². The molecule has 0 aromatic heterocycles. The molecule has 130 valence electrons. The molecule has 0 N–H and O–H groups in total. The lowest BCUT2D eigenvalue weighted by molar-refractivity contribution is -0.116. The molecule has 3 rings (SSSR count). The van der Waals surface area contributed by atoms with E-state index in [0.717, 1.165) is 28.7 Å². The molecular weight excluding hydrogens is 348 g/mol.